The Morgan fingerprint density at radius 1 is 1.15 bits per heavy atom. The van der Waals surface area contributed by atoms with Crippen molar-refractivity contribution in [2.24, 2.45) is 0 Å². The molecule has 11 nitrogen and oxygen atoms in total. The molecule has 5 rings (SSSR count). The van der Waals surface area contributed by atoms with Crippen LogP contribution in [0.2, 0.25) is 0 Å². The normalized spacial score (nSPS) is 19.2. The lowest BCUT2D eigenvalue weighted by atomic mass is 10.1. The van der Waals surface area contributed by atoms with Crippen LogP contribution in [0.4, 0.5) is 11.8 Å². The Labute approximate surface area is 190 Å². The number of morpholine rings is 2. The predicted molar refractivity (Wildman–Crippen MR) is 121 cm³/mol. The third-order valence-electron chi connectivity index (χ3n) is 5.96. The van der Waals surface area contributed by atoms with Crippen molar-refractivity contribution in [2.45, 2.75) is 13.0 Å². The first-order valence-electron chi connectivity index (χ1n) is 10.9. The van der Waals surface area contributed by atoms with Gasteiger partial charge >= 0.3 is 5.97 Å². The molecule has 2 aromatic heterocycles. The zero-order chi connectivity index (χ0) is 22.9. The van der Waals surface area contributed by atoms with Crippen molar-refractivity contribution < 1.29 is 24.1 Å². The second kappa shape index (κ2) is 8.83. The number of H-pyrrole nitrogens is 1. The number of carbonyl (C=O) groups is 1. The number of carboxylic acid groups (broad SMARTS) is 1. The van der Waals surface area contributed by atoms with Crippen molar-refractivity contribution in [3.63, 3.8) is 0 Å². The Balaban J connectivity index is 1.63. The highest BCUT2D eigenvalue weighted by Gasteiger charge is 2.27. The number of ether oxygens (including phenoxy) is 3. The summed E-state index contributed by atoms with van der Waals surface area (Å²) in [5.41, 5.74) is 1.93. The molecule has 0 spiro atoms. The molecule has 0 aliphatic carbocycles. The number of fused-ring (bicyclic) bond motifs is 1. The molecule has 2 aliphatic rings. The van der Waals surface area contributed by atoms with Gasteiger partial charge in [-0.25, -0.2) is 9.78 Å². The fraction of sp³-hybridized carbons (Fsp3) is 0.455. The molecule has 1 unspecified atom stereocenters. The van der Waals surface area contributed by atoms with Crippen molar-refractivity contribution in [3.8, 4) is 17.1 Å². The standard InChI is InChI=1S/C22H26N6O5/c1-13-12-33-10-7-28(13)20-17-19(25-22(26-20)27-5-8-32-9-6-27)24-18(23-17)14-3-4-16(31-2)15(11-14)21(29)30/h3-4,11,13H,5-10,12H2,1-2H3,(H,29,30)(H,23,24,25,26). The topological polar surface area (TPSA) is 126 Å². The van der Waals surface area contributed by atoms with E-state index in [1.165, 1.54) is 7.11 Å². The van der Waals surface area contributed by atoms with Gasteiger partial charge in [-0.1, -0.05) is 0 Å². The van der Waals surface area contributed by atoms with E-state index in [1.807, 2.05) is 0 Å². The van der Waals surface area contributed by atoms with Crippen LogP contribution in [-0.2, 0) is 9.47 Å². The number of nitrogens with one attached hydrogen (secondary N) is 1. The second-order valence-electron chi connectivity index (χ2n) is 8.07. The lowest BCUT2D eigenvalue weighted by Gasteiger charge is -2.35. The molecule has 2 N–H and O–H groups in total. The number of hydrogen-bond acceptors (Lipinski definition) is 9. The summed E-state index contributed by atoms with van der Waals surface area (Å²) in [4.78, 5) is 33.7. The predicted octanol–water partition coefficient (Wildman–Crippen LogP) is 1.79. The molecule has 2 saturated heterocycles. The zero-order valence-corrected chi connectivity index (χ0v) is 18.6. The van der Waals surface area contributed by atoms with Gasteiger partial charge in [0, 0.05) is 25.2 Å². The van der Waals surface area contributed by atoms with Crippen molar-refractivity contribution >= 4 is 28.9 Å². The van der Waals surface area contributed by atoms with Crippen molar-refractivity contribution in [1.29, 1.82) is 0 Å². The van der Waals surface area contributed by atoms with Crippen LogP contribution >= 0.6 is 0 Å². The number of methoxy groups -OCH3 is 1. The molecular weight excluding hydrogens is 428 g/mol. The van der Waals surface area contributed by atoms with E-state index in [4.69, 9.17) is 29.2 Å². The maximum absolute atomic E-state index is 11.7. The molecule has 4 heterocycles. The summed E-state index contributed by atoms with van der Waals surface area (Å²) in [5, 5.41) is 9.56. The van der Waals surface area contributed by atoms with Gasteiger partial charge in [0.1, 0.15) is 22.7 Å². The quantitative estimate of drug-likeness (QED) is 0.589. The molecule has 3 aromatic rings. The second-order valence-corrected chi connectivity index (χ2v) is 8.07. The van der Waals surface area contributed by atoms with Gasteiger partial charge in [-0.15, -0.1) is 0 Å². The van der Waals surface area contributed by atoms with Crippen molar-refractivity contribution in [1.82, 2.24) is 19.9 Å². The first kappa shape index (κ1) is 21.4. The highest BCUT2D eigenvalue weighted by Crippen LogP contribution is 2.32. The van der Waals surface area contributed by atoms with Gasteiger partial charge in [-0.05, 0) is 25.1 Å². The molecule has 174 valence electrons. The Morgan fingerprint density at radius 3 is 2.67 bits per heavy atom. The number of carboxylic acids is 1. The van der Waals surface area contributed by atoms with Gasteiger partial charge in [0.15, 0.2) is 11.5 Å². The SMILES string of the molecule is COc1ccc(-c2nc3nc(N4CCOCC4)nc(N4CCOCC4C)c3[nH]2)cc1C(=O)O. The molecule has 1 aromatic carbocycles. The van der Waals surface area contributed by atoms with E-state index in [1.54, 1.807) is 18.2 Å². The summed E-state index contributed by atoms with van der Waals surface area (Å²) in [6.45, 7) is 6.70. The third-order valence-corrected chi connectivity index (χ3v) is 5.96. The number of rotatable bonds is 5. The number of imidazole rings is 1. The smallest absolute Gasteiger partial charge is 0.339 e. The first-order chi connectivity index (χ1) is 16.0. The Kier molecular flexibility index (Phi) is 5.73. The highest BCUT2D eigenvalue weighted by molar-refractivity contribution is 5.93. The van der Waals surface area contributed by atoms with E-state index >= 15 is 0 Å². The van der Waals surface area contributed by atoms with Gasteiger partial charge < -0.3 is 34.1 Å². The minimum atomic E-state index is -1.07. The summed E-state index contributed by atoms with van der Waals surface area (Å²) in [5.74, 6) is 1.12. The largest absolute Gasteiger partial charge is 0.496 e. The highest BCUT2D eigenvalue weighted by atomic mass is 16.5. The fourth-order valence-corrected chi connectivity index (χ4v) is 4.18. The van der Waals surface area contributed by atoms with E-state index in [0.717, 1.165) is 5.82 Å². The number of benzene rings is 1. The van der Waals surface area contributed by atoms with Crippen LogP contribution in [0.15, 0.2) is 18.2 Å². The molecule has 0 bridgehead atoms. The van der Waals surface area contributed by atoms with Crippen LogP contribution in [0.1, 0.15) is 17.3 Å². The lowest BCUT2D eigenvalue weighted by molar-refractivity contribution is 0.0693. The number of aromatic nitrogens is 4. The molecular formula is C22H26N6O5. The van der Waals surface area contributed by atoms with Gasteiger partial charge in [0.25, 0.3) is 0 Å². The Morgan fingerprint density at radius 2 is 1.94 bits per heavy atom. The van der Waals surface area contributed by atoms with Gasteiger partial charge in [0.05, 0.1) is 39.6 Å². The molecule has 2 aliphatic heterocycles. The Bertz CT molecular complexity index is 1180. The third kappa shape index (κ3) is 4.05. The molecule has 0 saturated carbocycles. The molecule has 11 heteroatoms. The summed E-state index contributed by atoms with van der Waals surface area (Å²) >= 11 is 0. The summed E-state index contributed by atoms with van der Waals surface area (Å²) in [6.07, 6.45) is 0. The maximum Gasteiger partial charge on any atom is 0.339 e. The number of aromatic carboxylic acids is 1. The van der Waals surface area contributed by atoms with Crippen LogP contribution < -0.4 is 14.5 Å². The molecule has 2 fully saturated rings. The number of anilines is 2. The van der Waals surface area contributed by atoms with Crippen LogP contribution in [0.5, 0.6) is 5.75 Å². The molecule has 33 heavy (non-hydrogen) atoms. The lowest BCUT2D eigenvalue weighted by Crippen LogP contribution is -2.44. The van der Waals surface area contributed by atoms with Crippen molar-refractivity contribution in [3.05, 3.63) is 23.8 Å². The summed E-state index contributed by atoms with van der Waals surface area (Å²) in [7, 11) is 1.45. The fourth-order valence-electron chi connectivity index (χ4n) is 4.18. The molecule has 0 radical (unpaired) electrons. The average Bonchev–Trinajstić information content (AvgIpc) is 3.28. The number of aromatic amines is 1. The van der Waals surface area contributed by atoms with Crippen LogP contribution in [0, 0.1) is 0 Å². The number of nitrogens with zero attached hydrogens (tertiary/aromatic N) is 5. The average molecular weight is 454 g/mol. The first-order valence-corrected chi connectivity index (χ1v) is 10.9. The van der Waals surface area contributed by atoms with Gasteiger partial charge in [0.2, 0.25) is 5.95 Å². The maximum atomic E-state index is 11.7. The van der Waals surface area contributed by atoms with E-state index in [9.17, 15) is 9.90 Å². The van der Waals surface area contributed by atoms with E-state index in [0.29, 0.717) is 80.3 Å². The number of hydrogen-bond donors (Lipinski definition) is 2. The summed E-state index contributed by atoms with van der Waals surface area (Å²) in [6, 6.07) is 5.09. The van der Waals surface area contributed by atoms with E-state index in [2.05, 4.69) is 21.7 Å². The van der Waals surface area contributed by atoms with E-state index < -0.39 is 5.97 Å². The van der Waals surface area contributed by atoms with Crippen LogP contribution in [0.3, 0.4) is 0 Å². The summed E-state index contributed by atoms with van der Waals surface area (Å²) < 4.78 is 16.3. The monoisotopic (exact) mass is 454 g/mol. The van der Waals surface area contributed by atoms with E-state index in [-0.39, 0.29) is 11.6 Å². The van der Waals surface area contributed by atoms with Crippen LogP contribution in [0.25, 0.3) is 22.6 Å². The molecule has 1 atom stereocenters. The Hall–Kier alpha value is -3.44. The van der Waals surface area contributed by atoms with Gasteiger partial charge in [-0.3, -0.25) is 0 Å². The molecule has 0 amide bonds. The van der Waals surface area contributed by atoms with Crippen LogP contribution in [-0.4, -0.2) is 90.2 Å². The minimum Gasteiger partial charge on any atom is -0.496 e. The zero-order valence-electron chi connectivity index (χ0n) is 18.6. The van der Waals surface area contributed by atoms with Gasteiger partial charge in [-0.2, -0.15) is 9.97 Å². The van der Waals surface area contributed by atoms with Crippen molar-refractivity contribution in [2.75, 3.05) is 63.0 Å². The minimum absolute atomic E-state index is 0.0672.